The number of hydrogen-bond donors (Lipinski definition) is 0. The predicted molar refractivity (Wildman–Crippen MR) is 54.6 cm³/mol. The minimum Gasteiger partial charge on any atom is -0.294 e. The normalized spacial score (nSPS) is 10.5. The van der Waals surface area contributed by atoms with Gasteiger partial charge in [0.05, 0.1) is 0 Å². The first-order chi connectivity index (χ1) is 6.33. The topological polar surface area (TPSA) is 17.1 Å². The van der Waals surface area contributed by atoms with E-state index in [-0.39, 0.29) is 5.78 Å². The zero-order chi connectivity index (χ0) is 9.52. The van der Waals surface area contributed by atoms with Crippen molar-refractivity contribution in [3.8, 4) is 0 Å². The van der Waals surface area contributed by atoms with Gasteiger partial charge in [0, 0.05) is 6.42 Å². The Labute approximate surface area is 79.1 Å². The van der Waals surface area contributed by atoms with E-state index in [2.05, 4.69) is 0 Å². The highest BCUT2D eigenvalue weighted by atomic mass is 16.1. The molecule has 0 saturated carbocycles. The number of carbonyl (C=O) groups is 1. The summed E-state index contributed by atoms with van der Waals surface area (Å²) in [5.74, 6) is 0.174. The monoisotopic (exact) mass is 174 g/mol. The van der Waals surface area contributed by atoms with Crippen LogP contribution in [0.5, 0.6) is 0 Å². The van der Waals surface area contributed by atoms with Crippen LogP contribution in [0.2, 0.25) is 0 Å². The van der Waals surface area contributed by atoms with Gasteiger partial charge in [-0.3, -0.25) is 4.79 Å². The Morgan fingerprint density at radius 1 is 1.31 bits per heavy atom. The van der Waals surface area contributed by atoms with E-state index in [4.69, 9.17) is 0 Å². The average molecular weight is 174 g/mol. The minimum absolute atomic E-state index is 0.174. The Morgan fingerprint density at radius 3 is 2.62 bits per heavy atom. The molecule has 0 saturated heterocycles. The van der Waals surface area contributed by atoms with Crippen LogP contribution >= 0.6 is 0 Å². The van der Waals surface area contributed by atoms with Crippen LogP contribution in [0.15, 0.2) is 42.5 Å². The van der Waals surface area contributed by atoms with Crippen LogP contribution in [0, 0.1) is 0 Å². The van der Waals surface area contributed by atoms with Gasteiger partial charge in [0.15, 0.2) is 5.78 Å². The highest BCUT2D eigenvalue weighted by molar-refractivity contribution is 5.91. The molecule has 1 rings (SSSR count). The predicted octanol–water partition coefficient (Wildman–Crippen LogP) is 2.76. The van der Waals surface area contributed by atoms with E-state index in [1.54, 1.807) is 6.08 Å². The molecule has 1 nitrogen and oxygen atoms in total. The Bertz CT molecular complexity index is 285. The van der Waals surface area contributed by atoms with Crippen molar-refractivity contribution in [2.24, 2.45) is 0 Å². The van der Waals surface area contributed by atoms with Gasteiger partial charge in [-0.25, -0.2) is 0 Å². The molecule has 0 heterocycles. The summed E-state index contributed by atoms with van der Waals surface area (Å²) in [5, 5.41) is 0. The number of ketones is 1. The van der Waals surface area contributed by atoms with E-state index < -0.39 is 0 Å². The second-order valence-electron chi connectivity index (χ2n) is 2.94. The number of benzene rings is 1. The first-order valence-corrected chi connectivity index (χ1v) is 4.56. The second-order valence-corrected chi connectivity index (χ2v) is 2.94. The lowest BCUT2D eigenvalue weighted by Crippen LogP contribution is -1.97. The number of hydrogen-bond acceptors (Lipinski definition) is 1. The van der Waals surface area contributed by atoms with Crippen LogP contribution < -0.4 is 0 Å². The van der Waals surface area contributed by atoms with Gasteiger partial charge in [-0.1, -0.05) is 43.3 Å². The van der Waals surface area contributed by atoms with Crippen molar-refractivity contribution in [2.75, 3.05) is 0 Å². The van der Waals surface area contributed by atoms with E-state index in [0.29, 0.717) is 6.42 Å². The molecule has 13 heavy (non-hydrogen) atoms. The number of allylic oxidation sites excluding steroid dienone is 2. The highest BCUT2D eigenvalue weighted by Gasteiger charge is 1.97. The van der Waals surface area contributed by atoms with Crippen LogP contribution in [-0.4, -0.2) is 5.78 Å². The number of rotatable bonds is 4. The first-order valence-electron chi connectivity index (χ1n) is 4.56. The van der Waals surface area contributed by atoms with Gasteiger partial charge < -0.3 is 0 Å². The molecule has 0 aliphatic heterocycles. The summed E-state index contributed by atoms with van der Waals surface area (Å²) in [7, 11) is 0. The van der Waals surface area contributed by atoms with E-state index in [1.165, 1.54) is 0 Å². The van der Waals surface area contributed by atoms with Crippen LogP contribution in [0.3, 0.4) is 0 Å². The Hall–Kier alpha value is -1.37. The van der Waals surface area contributed by atoms with E-state index in [0.717, 1.165) is 12.0 Å². The average Bonchev–Trinajstić information content (AvgIpc) is 2.16. The van der Waals surface area contributed by atoms with Gasteiger partial charge in [-0.05, 0) is 18.1 Å². The summed E-state index contributed by atoms with van der Waals surface area (Å²) in [6.07, 6.45) is 4.98. The molecule has 1 heteroatoms. The van der Waals surface area contributed by atoms with Gasteiger partial charge in [0.1, 0.15) is 0 Å². The molecular formula is C12H14O. The molecule has 0 spiro atoms. The molecule has 0 N–H and O–H groups in total. The van der Waals surface area contributed by atoms with Gasteiger partial charge in [-0.2, -0.15) is 0 Å². The Kier molecular flexibility index (Phi) is 3.97. The lowest BCUT2D eigenvalue weighted by Gasteiger charge is -1.95. The van der Waals surface area contributed by atoms with Gasteiger partial charge in [-0.15, -0.1) is 0 Å². The van der Waals surface area contributed by atoms with Crippen molar-refractivity contribution in [1.82, 2.24) is 0 Å². The quantitative estimate of drug-likeness (QED) is 0.641. The molecule has 0 unspecified atom stereocenters. The standard InChI is InChI=1S/C12H14O/c1-2-3-9-12(13)10-11-7-5-4-6-8-11/h3-9H,2,10H2,1H3. The molecule has 0 amide bonds. The van der Waals surface area contributed by atoms with Crippen LogP contribution in [0.4, 0.5) is 0 Å². The maximum absolute atomic E-state index is 11.3. The van der Waals surface area contributed by atoms with Crippen molar-refractivity contribution < 1.29 is 4.79 Å². The maximum Gasteiger partial charge on any atom is 0.159 e. The van der Waals surface area contributed by atoms with Crippen molar-refractivity contribution >= 4 is 5.78 Å². The van der Waals surface area contributed by atoms with Gasteiger partial charge >= 0.3 is 0 Å². The largest absolute Gasteiger partial charge is 0.294 e. The molecule has 0 aromatic heterocycles. The summed E-state index contributed by atoms with van der Waals surface area (Å²) in [6, 6.07) is 9.80. The number of carbonyl (C=O) groups excluding carboxylic acids is 1. The smallest absolute Gasteiger partial charge is 0.159 e. The summed E-state index contributed by atoms with van der Waals surface area (Å²) in [6.45, 7) is 2.02. The fraction of sp³-hybridized carbons (Fsp3) is 0.250. The summed E-state index contributed by atoms with van der Waals surface area (Å²) in [4.78, 5) is 11.3. The molecule has 0 aliphatic rings. The van der Waals surface area contributed by atoms with E-state index in [1.807, 2.05) is 43.3 Å². The van der Waals surface area contributed by atoms with Crippen LogP contribution in [-0.2, 0) is 11.2 Å². The fourth-order valence-corrected chi connectivity index (χ4v) is 1.11. The molecule has 0 atom stereocenters. The van der Waals surface area contributed by atoms with Gasteiger partial charge in [0.2, 0.25) is 0 Å². The lowest BCUT2D eigenvalue weighted by molar-refractivity contribution is -0.114. The summed E-state index contributed by atoms with van der Waals surface area (Å²) >= 11 is 0. The fourth-order valence-electron chi connectivity index (χ4n) is 1.11. The molecule has 0 radical (unpaired) electrons. The third-order valence-electron chi connectivity index (χ3n) is 1.76. The Morgan fingerprint density at radius 2 is 2.00 bits per heavy atom. The van der Waals surface area contributed by atoms with Crippen molar-refractivity contribution in [3.05, 3.63) is 48.0 Å². The van der Waals surface area contributed by atoms with Crippen LogP contribution in [0.1, 0.15) is 18.9 Å². The lowest BCUT2D eigenvalue weighted by atomic mass is 10.1. The molecule has 0 bridgehead atoms. The highest BCUT2D eigenvalue weighted by Crippen LogP contribution is 2.00. The third-order valence-corrected chi connectivity index (χ3v) is 1.76. The maximum atomic E-state index is 11.3. The second kappa shape index (κ2) is 5.31. The zero-order valence-corrected chi connectivity index (χ0v) is 7.86. The van der Waals surface area contributed by atoms with E-state index in [9.17, 15) is 4.79 Å². The molecule has 1 aromatic rings. The summed E-state index contributed by atoms with van der Waals surface area (Å²) < 4.78 is 0. The van der Waals surface area contributed by atoms with Crippen molar-refractivity contribution in [3.63, 3.8) is 0 Å². The molecule has 0 fully saturated rings. The van der Waals surface area contributed by atoms with Gasteiger partial charge in [0.25, 0.3) is 0 Å². The van der Waals surface area contributed by atoms with Crippen LogP contribution in [0.25, 0.3) is 0 Å². The van der Waals surface area contributed by atoms with E-state index >= 15 is 0 Å². The molecule has 1 aromatic carbocycles. The Balaban J connectivity index is 2.50. The summed E-state index contributed by atoms with van der Waals surface area (Å²) in [5.41, 5.74) is 1.08. The molecular weight excluding hydrogens is 160 g/mol. The first kappa shape index (κ1) is 9.72. The minimum atomic E-state index is 0.174. The molecule has 68 valence electrons. The third kappa shape index (κ3) is 3.70. The SMILES string of the molecule is CCC=CC(=O)Cc1ccccc1. The molecule has 0 aliphatic carbocycles. The van der Waals surface area contributed by atoms with Crippen molar-refractivity contribution in [2.45, 2.75) is 19.8 Å². The zero-order valence-electron chi connectivity index (χ0n) is 7.86. The van der Waals surface area contributed by atoms with Crippen molar-refractivity contribution in [1.29, 1.82) is 0 Å².